The van der Waals surface area contributed by atoms with Crippen LogP contribution in [0.15, 0.2) is 0 Å². The summed E-state index contributed by atoms with van der Waals surface area (Å²) < 4.78 is 5.13. The fraction of sp³-hybridized carbons (Fsp3) is 0.545. The SMILES string of the molecule is CCN(CC)[C]1[CH][CH][C](OC)[CH]C1. The molecule has 73 valence electrons. The third-order valence-electron chi connectivity index (χ3n) is 2.36. The molecule has 5 radical (unpaired) electrons. The number of ether oxygens (including phenoxy) is 1. The highest BCUT2D eigenvalue weighted by Gasteiger charge is 2.26. The van der Waals surface area contributed by atoms with Crippen molar-refractivity contribution < 1.29 is 4.74 Å². The van der Waals surface area contributed by atoms with E-state index in [9.17, 15) is 0 Å². The second-order valence-electron chi connectivity index (χ2n) is 3.01. The molecule has 0 spiro atoms. The average molecular weight is 180 g/mol. The third-order valence-corrected chi connectivity index (χ3v) is 2.36. The molecular weight excluding hydrogens is 162 g/mol. The lowest BCUT2D eigenvalue weighted by Gasteiger charge is -2.33. The highest BCUT2D eigenvalue weighted by molar-refractivity contribution is 5.28. The van der Waals surface area contributed by atoms with Gasteiger partial charge in [0.05, 0.1) is 0 Å². The minimum atomic E-state index is 0.968. The molecule has 2 nitrogen and oxygen atoms in total. The first-order valence-corrected chi connectivity index (χ1v) is 4.84. The number of nitrogens with zero attached hydrogens (tertiary/aromatic N) is 1. The largest absolute Gasteiger partial charge is 0.375 e. The zero-order valence-electron chi connectivity index (χ0n) is 8.71. The fourth-order valence-electron chi connectivity index (χ4n) is 1.54. The Morgan fingerprint density at radius 1 is 1.31 bits per heavy atom. The van der Waals surface area contributed by atoms with Gasteiger partial charge >= 0.3 is 0 Å². The lowest BCUT2D eigenvalue weighted by atomic mass is 9.92. The zero-order valence-corrected chi connectivity index (χ0v) is 8.71. The summed E-state index contributed by atoms with van der Waals surface area (Å²) in [5, 5.41) is 0. The van der Waals surface area contributed by atoms with Gasteiger partial charge in [-0.3, -0.25) is 4.90 Å². The first kappa shape index (κ1) is 11.0. The monoisotopic (exact) mass is 180 g/mol. The van der Waals surface area contributed by atoms with Gasteiger partial charge in [-0.05, 0) is 32.4 Å². The molecule has 1 saturated carbocycles. The lowest BCUT2D eigenvalue weighted by molar-refractivity contribution is 0.221. The van der Waals surface area contributed by atoms with Gasteiger partial charge < -0.3 is 4.74 Å². The minimum Gasteiger partial charge on any atom is -0.375 e. The number of rotatable bonds is 4. The number of methoxy groups -OCH3 is 1. The van der Waals surface area contributed by atoms with Crippen LogP contribution in [0.1, 0.15) is 20.3 Å². The molecule has 1 fully saturated rings. The second-order valence-corrected chi connectivity index (χ2v) is 3.01. The highest BCUT2D eigenvalue weighted by atomic mass is 16.5. The van der Waals surface area contributed by atoms with E-state index in [2.05, 4.69) is 31.6 Å². The van der Waals surface area contributed by atoms with Gasteiger partial charge in [-0.2, -0.15) is 0 Å². The van der Waals surface area contributed by atoms with Gasteiger partial charge in [0.25, 0.3) is 0 Å². The van der Waals surface area contributed by atoms with Crippen LogP contribution in [0.5, 0.6) is 0 Å². The van der Waals surface area contributed by atoms with Crippen LogP contribution in [0, 0.1) is 31.4 Å². The van der Waals surface area contributed by atoms with Crippen molar-refractivity contribution in [1.82, 2.24) is 4.90 Å². The van der Waals surface area contributed by atoms with Crippen molar-refractivity contribution in [3.63, 3.8) is 0 Å². The van der Waals surface area contributed by atoms with Crippen LogP contribution in [0.4, 0.5) is 0 Å². The Balaban J connectivity index is 2.30. The molecule has 0 unspecified atom stereocenters. The summed E-state index contributed by atoms with van der Waals surface area (Å²) in [6, 6.07) is 1.38. The molecule has 0 aromatic rings. The van der Waals surface area contributed by atoms with Crippen molar-refractivity contribution in [1.29, 1.82) is 0 Å². The van der Waals surface area contributed by atoms with Crippen molar-refractivity contribution >= 4 is 0 Å². The smallest absolute Gasteiger partial charge is 0.104 e. The van der Waals surface area contributed by atoms with E-state index < -0.39 is 0 Å². The Kier molecular flexibility index (Phi) is 4.74. The summed E-state index contributed by atoms with van der Waals surface area (Å²) in [7, 11) is 1.71. The molecule has 0 N–H and O–H groups in total. The molecule has 0 heterocycles. The van der Waals surface area contributed by atoms with Crippen LogP contribution < -0.4 is 0 Å². The van der Waals surface area contributed by atoms with Gasteiger partial charge in [0.15, 0.2) is 0 Å². The van der Waals surface area contributed by atoms with E-state index in [-0.39, 0.29) is 0 Å². The van der Waals surface area contributed by atoms with Crippen LogP contribution >= 0.6 is 0 Å². The van der Waals surface area contributed by atoms with E-state index in [1.807, 2.05) is 6.42 Å². The van der Waals surface area contributed by atoms with Crippen LogP contribution in [0.2, 0.25) is 0 Å². The molecule has 0 saturated heterocycles. The maximum Gasteiger partial charge on any atom is 0.104 e. The Morgan fingerprint density at radius 2 is 2.00 bits per heavy atom. The average Bonchev–Trinajstić information content (AvgIpc) is 2.21. The maximum absolute atomic E-state index is 5.13. The molecule has 0 aromatic carbocycles. The van der Waals surface area contributed by atoms with E-state index in [1.165, 1.54) is 6.04 Å². The summed E-state index contributed by atoms with van der Waals surface area (Å²) in [6.07, 6.45) is 8.24. The van der Waals surface area contributed by atoms with Crippen molar-refractivity contribution in [2.75, 3.05) is 20.2 Å². The van der Waals surface area contributed by atoms with Crippen molar-refractivity contribution in [3.05, 3.63) is 31.4 Å². The van der Waals surface area contributed by atoms with Gasteiger partial charge in [-0.1, -0.05) is 13.8 Å². The molecule has 0 atom stereocenters. The highest BCUT2D eigenvalue weighted by Crippen LogP contribution is 2.31. The molecule has 1 aliphatic rings. The molecule has 1 aliphatic carbocycles. The molecule has 13 heavy (non-hydrogen) atoms. The zero-order chi connectivity index (χ0) is 9.68. The molecule has 0 aliphatic heterocycles. The summed E-state index contributed by atoms with van der Waals surface area (Å²) in [5.41, 5.74) is 0. The maximum atomic E-state index is 5.13. The summed E-state index contributed by atoms with van der Waals surface area (Å²) in [5.74, 6) is 0. The van der Waals surface area contributed by atoms with Crippen LogP contribution in [0.3, 0.4) is 0 Å². The predicted molar refractivity (Wildman–Crippen MR) is 53.9 cm³/mol. The lowest BCUT2D eigenvalue weighted by Crippen LogP contribution is -2.32. The van der Waals surface area contributed by atoms with Crippen molar-refractivity contribution in [3.8, 4) is 0 Å². The van der Waals surface area contributed by atoms with Crippen LogP contribution in [-0.2, 0) is 4.74 Å². The van der Waals surface area contributed by atoms with E-state index in [1.54, 1.807) is 7.11 Å². The van der Waals surface area contributed by atoms with Gasteiger partial charge in [0.2, 0.25) is 0 Å². The van der Waals surface area contributed by atoms with E-state index >= 15 is 0 Å². The Hall–Kier alpha value is -0.0800. The van der Waals surface area contributed by atoms with Gasteiger partial charge in [0.1, 0.15) is 6.10 Å². The molecule has 1 rings (SSSR count). The molecular formula is C11H18NO. The van der Waals surface area contributed by atoms with E-state index in [4.69, 9.17) is 4.74 Å². The first-order chi connectivity index (χ1) is 6.31. The van der Waals surface area contributed by atoms with Gasteiger partial charge in [-0.25, -0.2) is 0 Å². The van der Waals surface area contributed by atoms with E-state index in [0.717, 1.165) is 25.6 Å². The molecule has 2 heteroatoms. The Morgan fingerprint density at radius 3 is 2.38 bits per heavy atom. The number of hydrogen-bond acceptors (Lipinski definition) is 2. The standard InChI is InChI=1S/C11H18NO/c1-4-12(5-2)10-6-8-11(13-3)9-7-10/h6,8-9H,4-5,7H2,1-3H3. The second kappa shape index (κ2) is 5.61. The van der Waals surface area contributed by atoms with E-state index in [0.29, 0.717) is 0 Å². The molecule has 0 amide bonds. The molecule has 0 aromatic heterocycles. The first-order valence-electron chi connectivity index (χ1n) is 4.84. The van der Waals surface area contributed by atoms with Crippen LogP contribution in [-0.4, -0.2) is 25.1 Å². The summed E-state index contributed by atoms with van der Waals surface area (Å²) in [6.45, 7) is 6.51. The van der Waals surface area contributed by atoms with Crippen LogP contribution in [0.25, 0.3) is 0 Å². The third kappa shape index (κ3) is 2.96. The summed E-state index contributed by atoms with van der Waals surface area (Å²) in [4.78, 5) is 2.36. The fourth-order valence-corrected chi connectivity index (χ4v) is 1.54. The normalized spacial score (nSPS) is 21.2. The van der Waals surface area contributed by atoms with Crippen molar-refractivity contribution in [2.45, 2.75) is 20.3 Å². The quantitative estimate of drug-likeness (QED) is 0.656. The Labute approximate surface area is 82.3 Å². The van der Waals surface area contributed by atoms with Gasteiger partial charge in [0, 0.05) is 19.6 Å². The minimum absolute atomic E-state index is 0.968. The predicted octanol–water partition coefficient (Wildman–Crippen LogP) is 2.06. The summed E-state index contributed by atoms with van der Waals surface area (Å²) >= 11 is 0. The van der Waals surface area contributed by atoms with Gasteiger partial charge in [-0.15, -0.1) is 0 Å². The number of hydrogen-bond donors (Lipinski definition) is 0. The Bertz CT molecular complexity index is 126. The molecule has 0 bridgehead atoms. The topological polar surface area (TPSA) is 12.5 Å². The van der Waals surface area contributed by atoms with Crippen molar-refractivity contribution in [2.24, 2.45) is 0 Å².